The van der Waals surface area contributed by atoms with E-state index in [1.54, 1.807) is 20.3 Å². The molecule has 9 heteroatoms. The third-order valence-corrected chi connectivity index (χ3v) is 8.71. The Morgan fingerprint density at radius 1 is 1.03 bits per heavy atom. The Bertz CT molecular complexity index is 1130. The van der Waals surface area contributed by atoms with E-state index >= 15 is 0 Å². The fourth-order valence-electron chi connectivity index (χ4n) is 3.96. The van der Waals surface area contributed by atoms with Crippen molar-refractivity contribution in [2.24, 2.45) is 0 Å². The number of fused-ring (bicyclic) bond motifs is 2. The summed E-state index contributed by atoms with van der Waals surface area (Å²) in [4.78, 5) is 2.41. The number of nitrogens with one attached hydrogen (secondary N) is 1. The maximum atomic E-state index is 12.6. The van der Waals surface area contributed by atoms with Crippen molar-refractivity contribution in [3.05, 3.63) is 53.6 Å². The molecule has 1 aliphatic heterocycles. The molecule has 0 amide bonds. The minimum atomic E-state index is -3.45. The average molecular weight is 497 g/mol. The molecular formula is C23H29ClN2O4S2. The molecule has 32 heavy (non-hydrogen) atoms. The highest BCUT2D eigenvalue weighted by Crippen LogP contribution is 2.33. The Morgan fingerprint density at radius 2 is 1.75 bits per heavy atom. The van der Waals surface area contributed by atoms with Gasteiger partial charge in [0.05, 0.1) is 14.2 Å². The molecule has 0 saturated carbocycles. The van der Waals surface area contributed by atoms with E-state index in [0.717, 1.165) is 60.5 Å². The maximum absolute atomic E-state index is 12.6. The summed E-state index contributed by atoms with van der Waals surface area (Å²) in [6.45, 7) is 3.27. The van der Waals surface area contributed by atoms with Crippen molar-refractivity contribution < 1.29 is 17.9 Å². The number of halogens is 1. The van der Waals surface area contributed by atoms with Crippen molar-refractivity contribution in [3.63, 3.8) is 0 Å². The van der Waals surface area contributed by atoms with Gasteiger partial charge in [-0.15, -0.1) is 23.7 Å². The first kappa shape index (κ1) is 24.8. The van der Waals surface area contributed by atoms with Crippen LogP contribution in [-0.4, -0.2) is 47.2 Å². The minimum Gasteiger partial charge on any atom is -0.493 e. The first-order valence-corrected chi connectivity index (χ1v) is 12.7. The van der Waals surface area contributed by atoms with Crippen LogP contribution in [0.3, 0.4) is 0 Å². The molecule has 2 aromatic carbocycles. The minimum absolute atomic E-state index is 0. The van der Waals surface area contributed by atoms with Gasteiger partial charge >= 0.3 is 0 Å². The van der Waals surface area contributed by atoms with Crippen molar-refractivity contribution in [3.8, 4) is 11.5 Å². The average Bonchev–Trinajstić information content (AvgIpc) is 3.23. The van der Waals surface area contributed by atoms with E-state index in [9.17, 15) is 8.42 Å². The molecule has 0 unspecified atom stereocenters. The molecular weight excluding hydrogens is 468 g/mol. The molecule has 0 atom stereocenters. The summed E-state index contributed by atoms with van der Waals surface area (Å²) in [5.74, 6) is 1.54. The van der Waals surface area contributed by atoms with Gasteiger partial charge in [-0.2, -0.15) is 0 Å². The Morgan fingerprint density at radius 3 is 2.47 bits per heavy atom. The predicted molar refractivity (Wildman–Crippen MR) is 132 cm³/mol. The fourth-order valence-corrected chi connectivity index (χ4v) is 6.48. The van der Waals surface area contributed by atoms with Crippen LogP contribution in [0.5, 0.6) is 11.5 Å². The lowest BCUT2D eigenvalue weighted by molar-refractivity contribution is 0.248. The molecule has 4 rings (SSSR count). The second-order valence-electron chi connectivity index (χ2n) is 7.71. The Hall–Kier alpha value is -1.84. The van der Waals surface area contributed by atoms with E-state index in [2.05, 4.69) is 21.8 Å². The smallest absolute Gasteiger partial charge is 0.250 e. The fraction of sp³-hybridized carbons (Fsp3) is 0.391. The van der Waals surface area contributed by atoms with Gasteiger partial charge in [-0.1, -0.05) is 18.2 Å². The SMILES string of the molecule is COc1cc2c(cc1OC)CN(CCCCNS(=O)(=O)c1cc3ccccc3s1)CC2.Cl. The topological polar surface area (TPSA) is 67.9 Å². The Labute approximate surface area is 200 Å². The second-order valence-corrected chi connectivity index (χ2v) is 10.8. The summed E-state index contributed by atoms with van der Waals surface area (Å²) >= 11 is 1.31. The molecule has 0 radical (unpaired) electrons. The molecule has 1 N–H and O–H groups in total. The van der Waals surface area contributed by atoms with E-state index in [0.29, 0.717) is 10.8 Å². The molecule has 174 valence electrons. The van der Waals surface area contributed by atoms with Gasteiger partial charge in [-0.3, -0.25) is 4.90 Å². The molecule has 3 aromatic rings. The van der Waals surface area contributed by atoms with Crippen LogP contribution in [0.25, 0.3) is 10.1 Å². The van der Waals surface area contributed by atoms with Gasteiger partial charge in [0.25, 0.3) is 0 Å². The van der Waals surface area contributed by atoms with Crippen LogP contribution in [0.15, 0.2) is 46.7 Å². The standard InChI is InChI=1S/C23H28N2O4S2.ClH/c1-28-20-13-17-9-12-25(16-19(17)14-21(20)29-2)11-6-5-10-24-31(26,27)23-15-18-7-3-4-8-22(18)30-23;/h3-4,7-8,13-15,24H,5-6,9-12,16H2,1-2H3;1H. The number of nitrogens with zero attached hydrogens (tertiary/aromatic N) is 1. The summed E-state index contributed by atoms with van der Waals surface area (Å²) in [6, 6.07) is 13.6. The number of benzene rings is 2. The van der Waals surface area contributed by atoms with Gasteiger partial charge in [0.15, 0.2) is 11.5 Å². The van der Waals surface area contributed by atoms with E-state index in [1.807, 2.05) is 24.3 Å². The van der Waals surface area contributed by atoms with Crippen LogP contribution in [0.4, 0.5) is 0 Å². The number of methoxy groups -OCH3 is 2. The van der Waals surface area contributed by atoms with Crippen LogP contribution in [0, 0.1) is 0 Å². The van der Waals surface area contributed by atoms with Gasteiger partial charge < -0.3 is 9.47 Å². The molecule has 0 fully saturated rings. The van der Waals surface area contributed by atoms with Gasteiger partial charge in [0.2, 0.25) is 10.0 Å². The van der Waals surface area contributed by atoms with E-state index < -0.39 is 10.0 Å². The predicted octanol–water partition coefficient (Wildman–Crippen LogP) is 4.46. The van der Waals surface area contributed by atoms with Crippen LogP contribution in [0.2, 0.25) is 0 Å². The molecule has 0 saturated heterocycles. The van der Waals surface area contributed by atoms with Gasteiger partial charge in [0, 0.05) is 24.3 Å². The monoisotopic (exact) mass is 496 g/mol. The summed E-state index contributed by atoms with van der Waals surface area (Å²) in [7, 11) is -0.134. The molecule has 0 bridgehead atoms. The van der Waals surface area contributed by atoms with Gasteiger partial charge in [-0.25, -0.2) is 13.1 Å². The van der Waals surface area contributed by atoms with E-state index in [4.69, 9.17) is 9.47 Å². The van der Waals surface area contributed by atoms with Crippen LogP contribution >= 0.6 is 23.7 Å². The van der Waals surface area contributed by atoms with E-state index in [1.165, 1.54) is 22.5 Å². The largest absolute Gasteiger partial charge is 0.493 e. The summed E-state index contributed by atoms with van der Waals surface area (Å²) < 4.78 is 40.1. The summed E-state index contributed by atoms with van der Waals surface area (Å²) in [5.41, 5.74) is 2.58. The second kappa shape index (κ2) is 10.9. The summed E-state index contributed by atoms with van der Waals surface area (Å²) in [6.07, 6.45) is 2.73. The third kappa shape index (κ3) is 5.55. The van der Waals surface area contributed by atoms with Crippen molar-refractivity contribution >= 4 is 43.9 Å². The van der Waals surface area contributed by atoms with Crippen molar-refractivity contribution in [2.75, 3.05) is 33.9 Å². The first-order valence-electron chi connectivity index (χ1n) is 10.4. The van der Waals surface area contributed by atoms with Crippen LogP contribution in [-0.2, 0) is 23.0 Å². The van der Waals surface area contributed by atoms with Crippen molar-refractivity contribution in [1.29, 1.82) is 0 Å². The van der Waals surface area contributed by atoms with E-state index in [-0.39, 0.29) is 12.4 Å². The number of hydrogen-bond acceptors (Lipinski definition) is 6. The number of sulfonamides is 1. The molecule has 6 nitrogen and oxygen atoms in total. The maximum Gasteiger partial charge on any atom is 0.250 e. The van der Waals surface area contributed by atoms with Crippen LogP contribution in [0.1, 0.15) is 24.0 Å². The van der Waals surface area contributed by atoms with Gasteiger partial charge in [-0.05, 0) is 66.6 Å². The Kier molecular flexibility index (Phi) is 8.41. The van der Waals surface area contributed by atoms with Crippen molar-refractivity contribution in [1.82, 2.24) is 9.62 Å². The number of thiophene rings is 1. The lowest BCUT2D eigenvalue weighted by Gasteiger charge is -2.29. The van der Waals surface area contributed by atoms with Crippen molar-refractivity contribution in [2.45, 2.75) is 30.0 Å². The molecule has 0 spiro atoms. The molecule has 1 aromatic heterocycles. The number of rotatable bonds is 9. The zero-order chi connectivity index (χ0) is 21.8. The highest BCUT2D eigenvalue weighted by molar-refractivity contribution is 7.91. The molecule has 1 aliphatic rings. The first-order chi connectivity index (χ1) is 15.0. The van der Waals surface area contributed by atoms with Crippen LogP contribution < -0.4 is 14.2 Å². The number of unbranched alkanes of at least 4 members (excludes halogenated alkanes) is 1. The lowest BCUT2D eigenvalue weighted by Crippen LogP contribution is -2.32. The van der Waals surface area contributed by atoms with Gasteiger partial charge in [0.1, 0.15) is 4.21 Å². The zero-order valence-electron chi connectivity index (χ0n) is 18.3. The highest BCUT2D eigenvalue weighted by atomic mass is 35.5. The normalized spacial score (nSPS) is 14.1. The number of ether oxygens (including phenoxy) is 2. The third-order valence-electron chi connectivity index (χ3n) is 5.66. The molecule has 0 aliphatic carbocycles. The summed E-state index contributed by atoms with van der Waals surface area (Å²) in [5, 5.41) is 0.965. The quantitative estimate of drug-likeness (QED) is 0.443. The number of hydrogen-bond donors (Lipinski definition) is 1. The zero-order valence-corrected chi connectivity index (χ0v) is 20.7. The molecule has 2 heterocycles. The lowest BCUT2D eigenvalue weighted by atomic mass is 9.98. The highest BCUT2D eigenvalue weighted by Gasteiger charge is 2.20. The Balaban J connectivity index is 0.00000289.